The van der Waals surface area contributed by atoms with Crippen molar-refractivity contribution in [2.75, 3.05) is 102 Å². The molecule has 2 heterocycles. The normalized spacial score (nSPS) is 14.2. The third-order valence-corrected chi connectivity index (χ3v) is 9.97. The summed E-state index contributed by atoms with van der Waals surface area (Å²) in [7, 11) is 0. The number of amides is 4. The molecule has 12 heteroatoms. The molecular formula is C38H60N8O4. The highest BCUT2D eigenvalue weighted by molar-refractivity contribution is 6.36. The smallest absolute Gasteiger partial charge is 0.263 e. The second-order valence-corrected chi connectivity index (χ2v) is 13.0. The summed E-state index contributed by atoms with van der Waals surface area (Å²) < 4.78 is 0. The highest BCUT2D eigenvalue weighted by atomic mass is 16.2. The van der Waals surface area contributed by atoms with Gasteiger partial charge in [-0.25, -0.2) is 0 Å². The lowest BCUT2D eigenvalue weighted by Gasteiger charge is -2.35. The van der Waals surface area contributed by atoms with Crippen molar-refractivity contribution in [3.8, 4) is 0 Å². The largest absolute Gasteiger partial charge is 0.384 e. The summed E-state index contributed by atoms with van der Waals surface area (Å²) in [5.74, 6) is -1.56. The average molecular weight is 693 g/mol. The number of nitrogens with zero attached hydrogens (tertiary/aromatic N) is 4. The van der Waals surface area contributed by atoms with Crippen LogP contribution in [0, 0.1) is 0 Å². The van der Waals surface area contributed by atoms with Gasteiger partial charge in [-0.05, 0) is 103 Å². The number of carbonyl (C=O) groups excluding carboxylic acids is 4. The van der Waals surface area contributed by atoms with E-state index in [1.165, 1.54) is 9.80 Å². The minimum atomic E-state index is -0.396. The molecule has 0 bridgehead atoms. The van der Waals surface area contributed by atoms with Crippen molar-refractivity contribution < 1.29 is 19.2 Å². The average Bonchev–Trinajstić information content (AvgIpc) is 3.12. The van der Waals surface area contributed by atoms with Crippen LogP contribution in [0.4, 0.5) is 11.4 Å². The Morgan fingerprint density at radius 3 is 1.40 bits per heavy atom. The first-order valence-corrected chi connectivity index (χ1v) is 19.0. The van der Waals surface area contributed by atoms with E-state index < -0.39 is 11.8 Å². The third-order valence-electron chi connectivity index (χ3n) is 9.97. The Kier molecular flexibility index (Phi) is 15.0. The van der Waals surface area contributed by atoms with Crippen LogP contribution < -0.4 is 21.3 Å². The Morgan fingerprint density at radius 2 is 0.940 bits per heavy atom. The van der Waals surface area contributed by atoms with Crippen molar-refractivity contribution >= 4 is 45.8 Å². The van der Waals surface area contributed by atoms with Gasteiger partial charge < -0.3 is 31.1 Å². The second-order valence-electron chi connectivity index (χ2n) is 13.0. The van der Waals surface area contributed by atoms with Crippen LogP contribution in [-0.4, -0.2) is 135 Å². The van der Waals surface area contributed by atoms with Crippen LogP contribution in [0.2, 0.25) is 0 Å². The molecule has 0 saturated heterocycles. The van der Waals surface area contributed by atoms with Crippen molar-refractivity contribution in [2.45, 2.75) is 67.2 Å². The van der Waals surface area contributed by atoms with Gasteiger partial charge in [0.1, 0.15) is 0 Å². The minimum Gasteiger partial charge on any atom is -0.384 e. The summed E-state index contributed by atoms with van der Waals surface area (Å²) in [6.07, 6.45) is 2.90. The highest BCUT2D eigenvalue weighted by Gasteiger charge is 2.42. The van der Waals surface area contributed by atoms with Crippen molar-refractivity contribution in [1.29, 1.82) is 0 Å². The van der Waals surface area contributed by atoms with Gasteiger partial charge >= 0.3 is 0 Å². The molecule has 2 aromatic rings. The van der Waals surface area contributed by atoms with Crippen LogP contribution in [0.3, 0.4) is 0 Å². The molecule has 2 aliphatic rings. The van der Waals surface area contributed by atoms with E-state index >= 15 is 0 Å². The molecule has 12 nitrogen and oxygen atoms in total. The van der Waals surface area contributed by atoms with E-state index in [4.69, 9.17) is 0 Å². The second kappa shape index (κ2) is 19.1. The predicted molar refractivity (Wildman–Crippen MR) is 203 cm³/mol. The number of hydrogen-bond donors (Lipinski definition) is 4. The summed E-state index contributed by atoms with van der Waals surface area (Å²) in [6.45, 7) is 22.8. The molecule has 0 atom stereocenters. The lowest BCUT2D eigenvalue weighted by atomic mass is 9.83. The molecule has 0 unspecified atom stereocenters. The van der Waals surface area contributed by atoms with Gasteiger partial charge in [0.2, 0.25) is 0 Å². The maximum absolute atomic E-state index is 14.4. The maximum atomic E-state index is 14.4. The number of anilines is 2. The van der Waals surface area contributed by atoms with Gasteiger partial charge in [-0.2, -0.15) is 0 Å². The van der Waals surface area contributed by atoms with Crippen LogP contribution >= 0.6 is 0 Å². The lowest BCUT2D eigenvalue weighted by molar-refractivity contribution is 0.0585. The molecule has 2 aromatic carbocycles. The van der Waals surface area contributed by atoms with Gasteiger partial charge in [-0.3, -0.25) is 29.0 Å². The van der Waals surface area contributed by atoms with Crippen LogP contribution in [0.1, 0.15) is 109 Å². The Labute approximate surface area is 298 Å². The van der Waals surface area contributed by atoms with Gasteiger partial charge in [-0.1, -0.05) is 41.5 Å². The van der Waals surface area contributed by atoms with Gasteiger partial charge in [0.05, 0.1) is 22.3 Å². The SMILES string of the molecule is CCNCCCNc1cc2c3c(c(NCCCN(CC)CC)cc4c3c1C(=O)N(CCCNCC)C4=O)C(=O)N(CCCN(CC)CC)C2=O. The van der Waals surface area contributed by atoms with Crippen molar-refractivity contribution in [1.82, 2.24) is 30.2 Å². The molecule has 4 amide bonds. The maximum Gasteiger partial charge on any atom is 0.263 e. The number of benzene rings is 2. The van der Waals surface area contributed by atoms with Crippen molar-refractivity contribution in [2.24, 2.45) is 0 Å². The van der Waals surface area contributed by atoms with Gasteiger partial charge in [-0.15, -0.1) is 0 Å². The monoisotopic (exact) mass is 692 g/mol. The van der Waals surface area contributed by atoms with E-state index in [1.54, 1.807) is 12.1 Å². The highest BCUT2D eigenvalue weighted by Crippen LogP contribution is 2.44. The topological polar surface area (TPSA) is 129 Å². The quantitative estimate of drug-likeness (QED) is 0.0933. The molecule has 4 rings (SSSR count). The van der Waals surface area contributed by atoms with Crippen LogP contribution in [-0.2, 0) is 0 Å². The molecule has 0 aliphatic carbocycles. The Morgan fingerprint density at radius 1 is 0.520 bits per heavy atom. The first kappa shape index (κ1) is 39.2. The predicted octanol–water partition coefficient (Wildman–Crippen LogP) is 4.32. The van der Waals surface area contributed by atoms with E-state index in [0.717, 1.165) is 71.7 Å². The fraction of sp³-hybridized carbons (Fsp3) is 0.632. The molecule has 0 spiro atoms. The molecule has 4 N–H and O–H groups in total. The summed E-state index contributed by atoms with van der Waals surface area (Å²) >= 11 is 0. The number of imide groups is 2. The molecular weight excluding hydrogens is 632 g/mol. The zero-order valence-corrected chi connectivity index (χ0v) is 31.3. The number of nitrogens with one attached hydrogen (secondary N) is 4. The van der Waals surface area contributed by atoms with Gasteiger partial charge in [0.15, 0.2) is 0 Å². The van der Waals surface area contributed by atoms with Crippen LogP contribution in [0.25, 0.3) is 10.8 Å². The Bertz CT molecular complexity index is 1500. The molecule has 0 saturated carbocycles. The van der Waals surface area contributed by atoms with Crippen molar-refractivity contribution in [3.05, 3.63) is 34.4 Å². The molecule has 2 aliphatic heterocycles. The fourth-order valence-corrected chi connectivity index (χ4v) is 7.06. The Balaban J connectivity index is 1.85. The number of carbonyl (C=O) groups is 4. The molecule has 50 heavy (non-hydrogen) atoms. The van der Waals surface area contributed by atoms with E-state index in [2.05, 4.69) is 65.7 Å². The molecule has 276 valence electrons. The van der Waals surface area contributed by atoms with Crippen LogP contribution in [0.15, 0.2) is 12.1 Å². The molecule has 0 fully saturated rings. The standard InChI is InChI=1S/C38H60N8O4/c1-7-39-17-13-19-41-29-25-28-32-31-27(35(47)45(37(49)33(29)31)23-14-18-40-8-2)26-30(42-20-15-21-43(9-3)10-4)34(32)38(50)46(36(28)48)24-16-22-44(11-5)12-6/h25-26,39-42H,7-24H2,1-6H3. The Hall–Kier alpha value is -3.58. The van der Waals surface area contributed by atoms with E-state index in [-0.39, 0.29) is 24.9 Å². The van der Waals surface area contributed by atoms with E-state index in [0.29, 0.717) is 76.9 Å². The summed E-state index contributed by atoms with van der Waals surface area (Å²) in [5.41, 5.74) is 2.48. The first-order valence-electron chi connectivity index (χ1n) is 19.0. The third kappa shape index (κ3) is 8.65. The zero-order valence-electron chi connectivity index (χ0n) is 31.3. The fourth-order valence-electron chi connectivity index (χ4n) is 7.06. The van der Waals surface area contributed by atoms with Crippen molar-refractivity contribution in [3.63, 3.8) is 0 Å². The lowest BCUT2D eigenvalue weighted by Crippen LogP contribution is -2.45. The molecule has 0 radical (unpaired) electrons. The van der Waals surface area contributed by atoms with E-state index in [1.807, 2.05) is 6.92 Å². The van der Waals surface area contributed by atoms with Gasteiger partial charge in [0, 0.05) is 48.3 Å². The van der Waals surface area contributed by atoms with Gasteiger partial charge in [0.25, 0.3) is 23.6 Å². The summed E-state index contributed by atoms with van der Waals surface area (Å²) in [6, 6.07) is 3.50. The number of rotatable bonds is 24. The first-order chi connectivity index (χ1) is 24.3. The van der Waals surface area contributed by atoms with E-state index in [9.17, 15) is 19.2 Å². The van der Waals surface area contributed by atoms with Crippen LogP contribution in [0.5, 0.6) is 0 Å². The molecule has 0 aromatic heterocycles. The minimum absolute atomic E-state index is 0.264. The summed E-state index contributed by atoms with van der Waals surface area (Å²) in [4.78, 5) is 64.6. The summed E-state index contributed by atoms with van der Waals surface area (Å²) in [5, 5.41) is 14.3. The number of hydrogen-bond acceptors (Lipinski definition) is 10. The zero-order chi connectivity index (χ0) is 36.2.